The molecule has 4 nitrogen and oxygen atoms in total. The van der Waals surface area contributed by atoms with Crippen LogP contribution in [0.25, 0.3) is 11.6 Å². The molecule has 13 heavy (non-hydrogen) atoms. The molecule has 0 aliphatic rings. The first-order chi connectivity index (χ1) is 5.97. The zero-order valence-corrected chi connectivity index (χ0v) is 8.84. The van der Waals surface area contributed by atoms with Crippen molar-refractivity contribution >= 4 is 0 Å². The number of rotatable bonds is 1. The average molecular weight is 353 g/mol. The molecule has 0 fully saturated rings. The summed E-state index contributed by atoms with van der Waals surface area (Å²) >= 11 is 0. The van der Waals surface area contributed by atoms with E-state index in [1.165, 1.54) is 0 Å². The molecule has 0 unspecified atom stereocenters. The van der Waals surface area contributed by atoms with Gasteiger partial charge in [0.05, 0.1) is 0 Å². The Bertz CT molecular complexity index is 314. The molecule has 2 rings (SSSR count). The predicted molar refractivity (Wildman–Crippen MR) is 43.1 cm³/mol. The van der Waals surface area contributed by atoms with Crippen LogP contribution in [-0.2, 0) is 21.1 Å². The Hall–Kier alpha value is -1.15. The van der Waals surface area contributed by atoms with E-state index in [1.807, 2.05) is 0 Å². The first-order valence-electron chi connectivity index (χ1n) is 3.51. The van der Waals surface area contributed by atoms with E-state index in [0.29, 0.717) is 11.6 Å². The summed E-state index contributed by atoms with van der Waals surface area (Å²) < 4.78 is 0. The molecular formula is C8H6N4Pt. The molecule has 0 aliphatic carbocycles. The summed E-state index contributed by atoms with van der Waals surface area (Å²) in [5, 5.41) is 0. The Balaban J connectivity index is 0.000000845. The second kappa shape index (κ2) is 4.77. The molecule has 0 atom stereocenters. The third-order valence-corrected chi connectivity index (χ3v) is 1.33. The van der Waals surface area contributed by atoms with E-state index < -0.39 is 0 Å². The molecule has 5 heteroatoms. The van der Waals surface area contributed by atoms with Crippen LogP contribution < -0.4 is 0 Å². The zero-order valence-electron chi connectivity index (χ0n) is 6.57. The van der Waals surface area contributed by atoms with Crippen molar-refractivity contribution in [1.29, 1.82) is 0 Å². The van der Waals surface area contributed by atoms with Crippen LogP contribution in [0.4, 0.5) is 0 Å². The van der Waals surface area contributed by atoms with Gasteiger partial charge in [-0.05, 0) is 12.1 Å². The molecule has 0 aromatic carbocycles. The fourth-order valence-electron chi connectivity index (χ4n) is 0.829. The molecule has 0 saturated carbocycles. The maximum absolute atomic E-state index is 4.01. The van der Waals surface area contributed by atoms with Gasteiger partial charge in [0, 0.05) is 45.9 Å². The second-order valence-electron chi connectivity index (χ2n) is 2.14. The standard InChI is InChI=1S/C8H6N4.Pt/c1-3-9-7(10-4-1)8-11-5-2-6-12-8;/h1-6H;. The van der Waals surface area contributed by atoms with Crippen molar-refractivity contribution in [3.05, 3.63) is 36.9 Å². The van der Waals surface area contributed by atoms with Gasteiger partial charge in [0.2, 0.25) is 0 Å². The van der Waals surface area contributed by atoms with Gasteiger partial charge in [-0.3, -0.25) is 0 Å². The van der Waals surface area contributed by atoms with Crippen molar-refractivity contribution in [3.63, 3.8) is 0 Å². The Morgan fingerprint density at radius 3 is 1.23 bits per heavy atom. The molecule has 0 N–H and O–H groups in total. The molecule has 2 heterocycles. The maximum Gasteiger partial charge on any atom is 0.197 e. The van der Waals surface area contributed by atoms with Crippen molar-refractivity contribution < 1.29 is 21.1 Å². The molecule has 0 aliphatic heterocycles. The summed E-state index contributed by atoms with van der Waals surface area (Å²) in [7, 11) is 0. The number of aromatic nitrogens is 4. The summed E-state index contributed by atoms with van der Waals surface area (Å²) in [5.74, 6) is 1.11. The first kappa shape index (κ1) is 9.93. The van der Waals surface area contributed by atoms with Crippen LogP contribution in [0.1, 0.15) is 0 Å². The monoisotopic (exact) mass is 353 g/mol. The minimum absolute atomic E-state index is 0. The van der Waals surface area contributed by atoms with E-state index in [-0.39, 0.29) is 21.1 Å². The zero-order chi connectivity index (χ0) is 8.23. The van der Waals surface area contributed by atoms with Gasteiger partial charge in [0.15, 0.2) is 11.6 Å². The fourth-order valence-corrected chi connectivity index (χ4v) is 0.829. The van der Waals surface area contributed by atoms with E-state index in [2.05, 4.69) is 19.9 Å². The third-order valence-electron chi connectivity index (χ3n) is 1.33. The molecule has 0 spiro atoms. The summed E-state index contributed by atoms with van der Waals surface area (Å²) in [5.41, 5.74) is 0. The molecule has 0 bridgehead atoms. The van der Waals surface area contributed by atoms with Crippen LogP contribution in [0.5, 0.6) is 0 Å². The van der Waals surface area contributed by atoms with Crippen molar-refractivity contribution in [1.82, 2.24) is 19.9 Å². The van der Waals surface area contributed by atoms with Crippen molar-refractivity contribution in [3.8, 4) is 11.6 Å². The van der Waals surface area contributed by atoms with E-state index in [0.717, 1.165) is 0 Å². The van der Waals surface area contributed by atoms with Crippen molar-refractivity contribution in [2.24, 2.45) is 0 Å². The van der Waals surface area contributed by atoms with Crippen molar-refractivity contribution in [2.45, 2.75) is 0 Å². The fraction of sp³-hybridized carbons (Fsp3) is 0. The smallest absolute Gasteiger partial charge is 0.197 e. The Kier molecular flexibility index (Phi) is 3.65. The summed E-state index contributed by atoms with van der Waals surface area (Å²) in [6.45, 7) is 0. The number of hydrogen-bond acceptors (Lipinski definition) is 4. The maximum atomic E-state index is 4.01. The van der Waals surface area contributed by atoms with Gasteiger partial charge in [-0.25, -0.2) is 19.9 Å². The van der Waals surface area contributed by atoms with E-state index in [1.54, 1.807) is 36.9 Å². The van der Waals surface area contributed by atoms with E-state index >= 15 is 0 Å². The Labute approximate surface area is 89.8 Å². The third kappa shape index (κ3) is 2.39. The average Bonchev–Trinajstić information content (AvgIpc) is 2.21. The minimum atomic E-state index is 0. The van der Waals surface area contributed by atoms with Gasteiger partial charge in [0.25, 0.3) is 0 Å². The molecule has 2 aromatic heterocycles. The van der Waals surface area contributed by atoms with Crippen LogP contribution in [-0.4, -0.2) is 19.9 Å². The molecule has 2 aromatic rings. The van der Waals surface area contributed by atoms with Crippen molar-refractivity contribution in [2.75, 3.05) is 0 Å². The molecule has 0 saturated heterocycles. The van der Waals surface area contributed by atoms with Gasteiger partial charge < -0.3 is 0 Å². The molecule has 68 valence electrons. The van der Waals surface area contributed by atoms with Crippen LogP contribution in [0.2, 0.25) is 0 Å². The van der Waals surface area contributed by atoms with Gasteiger partial charge in [-0.2, -0.15) is 0 Å². The van der Waals surface area contributed by atoms with Crippen LogP contribution in [0.3, 0.4) is 0 Å². The van der Waals surface area contributed by atoms with E-state index in [9.17, 15) is 0 Å². The van der Waals surface area contributed by atoms with Gasteiger partial charge >= 0.3 is 0 Å². The van der Waals surface area contributed by atoms with E-state index in [4.69, 9.17) is 0 Å². The quantitative estimate of drug-likeness (QED) is 0.766. The summed E-state index contributed by atoms with van der Waals surface area (Å²) in [6.07, 6.45) is 6.66. The van der Waals surface area contributed by atoms with Gasteiger partial charge in [0.1, 0.15) is 0 Å². The number of hydrogen-bond donors (Lipinski definition) is 0. The largest absolute Gasteiger partial charge is 0.234 e. The molecular weight excluding hydrogens is 347 g/mol. The predicted octanol–water partition coefficient (Wildman–Crippen LogP) is 0.931. The molecule has 0 radical (unpaired) electrons. The summed E-state index contributed by atoms with van der Waals surface area (Å²) in [4.78, 5) is 16.1. The first-order valence-corrected chi connectivity index (χ1v) is 3.51. The van der Waals surface area contributed by atoms with Gasteiger partial charge in [-0.1, -0.05) is 0 Å². The Morgan fingerprint density at radius 1 is 0.615 bits per heavy atom. The van der Waals surface area contributed by atoms with Gasteiger partial charge in [-0.15, -0.1) is 0 Å². The van der Waals surface area contributed by atoms with Crippen LogP contribution in [0, 0.1) is 0 Å². The second-order valence-corrected chi connectivity index (χ2v) is 2.14. The Morgan fingerprint density at radius 2 is 0.923 bits per heavy atom. The topological polar surface area (TPSA) is 51.6 Å². The SMILES string of the molecule is [Pt].c1cnc(-c2ncccn2)nc1. The molecule has 0 amide bonds. The number of nitrogens with zero attached hydrogens (tertiary/aromatic N) is 4. The summed E-state index contributed by atoms with van der Waals surface area (Å²) in [6, 6.07) is 3.51. The van der Waals surface area contributed by atoms with Crippen LogP contribution >= 0.6 is 0 Å². The van der Waals surface area contributed by atoms with Crippen LogP contribution in [0.15, 0.2) is 36.9 Å². The minimum Gasteiger partial charge on any atom is -0.234 e. The normalized spacial score (nSPS) is 8.92.